The molecule has 5 nitrogen and oxygen atoms in total. The Labute approximate surface area is 145 Å². The van der Waals surface area contributed by atoms with E-state index in [2.05, 4.69) is 0 Å². The molecule has 0 amide bonds. The molecule has 0 unspecified atom stereocenters. The van der Waals surface area contributed by atoms with Gasteiger partial charge in [0.2, 0.25) is 0 Å². The number of aliphatic hydroxyl groups excluding tert-OH is 3. The van der Waals surface area contributed by atoms with Crippen LogP contribution >= 0.6 is 0 Å². The number of cyclic esters (lactones) is 1. The maximum absolute atomic E-state index is 11.5. The SMILES string of the molecule is C[C@H]1OC(=O)/C(=C/CCCCCCCCC/C=C/[C@H](O)CO)[C@@H]1O. The number of esters is 1. The lowest BCUT2D eigenvalue weighted by atomic mass is 10.0. The predicted octanol–water partition coefficient (Wildman–Crippen LogP) is 2.64. The van der Waals surface area contributed by atoms with Crippen molar-refractivity contribution in [2.24, 2.45) is 0 Å². The van der Waals surface area contributed by atoms with Crippen molar-refractivity contribution < 1.29 is 24.9 Å². The Bertz CT molecular complexity index is 416. The maximum Gasteiger partial charge on any atom is 0.336 e. The van der Waals surface area contributed by atoms with Crippen molar-refractivity contribution >= 4 is 5.97 Å². The molecular formula is C19H32O5. The smallest absolute Gasteiger partial charge is 0.336 e. The molecule has 0 radical (unpaired) electrons. The van der Waals surface area contributed by atoms with Gasteiger partial charge in [0, 0.05) is 0 Å². The highest BCUT2D eigenvalue weighted by atomic mass is 16.6. The van der Waals surface area contributed by atoms with E-state index < -0.39 is 18.3 Å². The molecular weight excluding hydrogens is 308 g/mol. The zero-order valence-corrected chi connectivity index (χ0v) is 14.7. The first kappa shape index (κ1) is 20.9. The van der Waals surface area contributed by atoms with Gasteiger partial charge in [0.25, 0.3) is 0 Å². The Hall–Kier alpha value is -1.17. The summed E-state index contributed by atoms with van der Waals surface area (Å²) in [6.07, 6.45) is 13.3. The summed E-state index contributed by atoms with van der Waals surface area (Å²) in [6.45, 7) is 1.49. The van der Waals surface area contributed by atoms with Crippen molar-refractivity contribution in [2.45, 2.75) is 83.0 Å². The number of rotatable bonds is 12. The van der Waals surface area contributed by atoms with Crippen LogP contribution in [-0.2, 0) is 9.53 Å². The summed E-state index contributed by atoms with van der Waals surface area (Å²) >= 11 is 0. The summed E-state index contributed by atoms with van der Waals surface area (Å²) in [5.74, 6) is -0.379. The topological polar surface area (TPSA) is 87.0 Å². The van der Waals surface area contributed by atoms with Crippen molar-refractivity contribution in [1.29, 1.82) is 0 Å². The summed E-state index contributed by atoms with van der Waals surface area (Å²) in [7, 11) is 0. The van der Waals surface area contributed by atoms with Gasteiger partial charge in [-0.2, -0.15) is 0 Å². The minimum atomic E-state index is -0.773. The van der Waals surface area contributed by atoms with Crippen molar-refractivity contribution in [3.8, 4) is 0 Å². The summed E-state index contributed by atoms with van der Waals surface area (Å²) in [4.78, 5) is 11.5. The third-order valence-corrected chi connectivity index (χ3v) is 4.28. The Kier molecular flexibility index (Phi) is 10.6. The molecule has 1 fully saturated rings. The molecule has 0 aromatic carbocycles. The third-order valence-electron chi connectivity index (χ3n) is 4.28. The molecule has 0 aromatic heterocycles. The molecule has 1 rings (SSSR count). The van der Waals surface area contributed by atoms with Crippen LogP contribution < -0.4 is 0 Å². The van der Waals surface area contributed by atoms with E-state index >= 15 is 0 Å². The van der Waals surface area contributed by atoms with E-state index in [-0.39, 0.29) is 12.6 Å². The lowest BCUT2D eigenvalue weighted by Gasteiger charge is -2.04. The Morgan fingerprint density at radius 3 is 2.21 bits per heavy atom. The highest BCUT2D eigenvalue weighted by molar-refractivity contribution is 5.92. The number of ether oxygens (including phenoxy) is 1. The number of allylic oxidation sites excluding steroid dienone is 2. The Morgan fingerprint density at radius 1 is 1.08 bits per heavy atom. The first-order valence-electron chi connectivity index (χ1n) is 9.11. The van der Waals surface area contributed by atoms with Crippen LogP contribution in [0.25, 0.3) is 0 Å². The average Bonchev–Trinajstić information content (AvgIpc) is 2.81. The van der Waals surface area contributed by atoms with Gasteiger partial charge in [-0.3, -0.25) is 0 Å². The predicted molar refractivity (Wildman–Crippen MR) is 93.4 cm³/mol. The molecule has 3 atom stereocenters. The van der Waals surface area contributed by atoms with E-state index in [1.165, 1.54) is 25.7 Å². The molecule has 1 aliphatic rings. The number of aliphatic hydroxyl groups is 3. The number of carbonyl (C=O) groups excluding carboxylic acids is 1. The van der Waals surface area contributed by atoms with Crippen LogP contribution in [0.4, 0.5) is 0 Å². The van der Waals surface area contributed by atoms with Crippen LogP contribution in [0, 0.1) is 0 Å². The van der Waals surface area contributed by atoms with Gasteiger partial charge in [0.15, 0.2) is 0 Å². The van der Waals surface area contributed by atoms with Crippen LogP contribution in [0.1, 0.15) is 64.7 Å². The van der Waals surface area contributed by atoms with Gasteiger partial charge < -0.3 is 20.1 Å². The van der Waals surface area contributed by atoms with Crippen LogP contribution in [0.15, 0.2) is 23.8 Å². The van der Waals surface area contributed by atoms with Crippen LogP contribution in [0.5, 0.6) is 0 Å². The zero-order valence-electron chi connectivity index (χ0n) is 14.7. The Balaban J connectivity index is 1.94. The molecule has 1 aliphatic heterocycles. The van der Waals surface area contributed by atoms with Crippen LogP contribution in [0.2, 0.25) is 0 Å². The van der Waals surface area contributed by atoms with E-state index in [1.54, 1.807) is 13.0 Å². The van der Waals surface area contributed by atoms with E-state index in [4.69, 9.17) is 14.9 Å². The largest absolute Gasteiger partial charge is 0.456 e. The number of carbonyl (C=O) groups is 1. The molecule has 3 N–H and O–H groups in total. The summed E-state index contributed by atoms with van der Waals surface area (Å²) in [6, 6.07) is 0. The highest BCUT2D eigenvalue weighted by Crippen LogP contribution is 2.22. The molecule has 0 bridgehead atoms. The van der Waals surface area contributed by atoms with E-state index in [9.17, 15) is 9.90 Å². The molecule has 24 heavy (non-hydrogen) atoms. The van der Waals surface area contributed by atoms with Gasteiger partial charge in [-0.05, 0) is 32.6 Å². The van der Waals surface area contributed by atoms with Gasteiger partial charge in [0.05, 0.1) is 18.3 Å². The second kappa shape index (κ2) is 12.2. The zero-order chi connectivity index (χ0) is 17.8. The first-order valence-corrected chi connectivity index (χ1v) is 9.11. The highest BCUT2D eigenvalue weighted by Gasteiger charge is 2.34. The fourth-order valence-corrected chi connectivity index (χ4v) is 2.74. The van der Waals surface area contributed by atoms with Crippen molar-refractivity contribution in [1.82, 2.24) is 0 Å². The Morgan fingerprint density at radius 2 is 1.67 bits per heavy atom. The average molecular weight is 340 g/mol. The molecule has 0 spiro atoms. The molecule has 0 aromatic rings. The van der Waals surface area contributed by atoms with Gasteiger partial charge >= 0.3 is 5.97 Å². The number of unbranched alkanes of at least 4 members (excludes halogenated alkanes) is 8. The van der Waals surface area contributed by atoms with Gasteiger partial charge in [-0.1, -0.05) is 50.3 Å². The number of hydrogen-bond acceptors (Lipinski definition) is 5. The molecule has 1 heterocycles. The second-order valence-corrected chi connectivity index (χ2v) is 6.45. The van der Waals surface area contributed by atoms with Crippen molar-refractivity contribution in [3.63, 3.8) is 0 Å². The lowest BCUT2D eigenvalue weighted by molar-refractivity contribution is -0.138. The summed E-state index contributed by atoms with van der Waals surface area (Å²) < 4.78 is 4.97. The fraction of sp³-hybridized carbons (Fsp3) is 0.737. The quantitative estimate of drug-likeness (QED) is 0.220. The fourth-order valence-electron chi connectivity index (χ4n) is 2.74. The van der Waals surface area contributed by atoms with E-state index in [1.807, 2.05) is 12.2 Å². The molecule has 5 heteroatoms. The normalized spacial score (nSPS) is 24.0. The van der Waals surface area contributed by atoms with Gasteiger partial charge in [-0.15, -0.1) is 0 Å². The lowest BCUT2D eigenvalue weighted by Crippen LogP contribution is -2.17. The van der Waals surface area contributed by atoms with Crippen molar-refractivity contribution in [3.05, 3.63) is 23.8 Å². The van der Waals surface area contributed by atoms with Crippen molar-refractivity contribution in [2.75, 3.05) is 6.61 Å². The summed E-state index contributed by atoms with van der Waals surface area (Å²) in [5.41, 5.74) is 0.418. The summed E-state index contributed by atoms with van der Waals surface area (Å²) in [5, 5.41) is 27.6. The molecule has 1 saturated heterocycles. The minimum Gasteiger partial charge on any atom is -0.456 e. The van der Waals surface area contributed by atoms with Gasteiger partial charge in [-0.25, -0.2) is 4.79 Å². The first-order chi connectivity index (χ1) is 11.6. The minimum absolute atomic E-state index is 0.216. The van der Waals surface area contributed by atoms with Crippen LogP contribution in [0.3, 0.4) is 0 Å². The second-order valence-electron chi connectivity index (χ2n) is 6.45. The molecule has 138 valence electrons. The third kappa shape index (κ3) is 8.08. The van der Waals surface area contributed by atoms with E-state index in [0.717, 1.165) is 32.1 Å². The monoisotopic (exact) mass is 340 g/mol. The van der Waals surface area contributed by atoms with Crippen LogP contribution in [-0.4, -0.2) is 46.2 Å². The molecule has 0 aliphatic carbocycles. The number of hydrogen-bond donors (Lipinski definition) is 3. The van der Waals surface area contributed by atoms with Gasteiger partial charge in [0.1, 0.15) is 12.2 Å². The molecule has 0 saturated carbocycles. The maximum atomic E-state index is 11.5. The van der Waals surface area contributed by atoms with E-state index in [0.29, 0.717) is 5.57 Å². The standard InChI is InChI=1S/C19H32O5/c1-15-18(22)17(19(23)24-15)13-11-9-7-5-3-2-4-6-8-10-12-16(21)14-20/h10,12-13,15-16,18,20-22H,2-9,11,14H2,1H3/b12-10+,17-13+/t15-,16+,18-/m1/s1.